The molecule has 0 fully saturated rings. The monoisotopic (exact) mass is 418 g/mol. The lowest BCUT2D eigenvalue weighted by Gasteiger charge is -2.33. The highest BCUT2D eigenvalue weighted by molar-refractivity contribution is 5.80. The molecule has 0 heterocycles. The number of benzene rings is 4. The van der Waals surface area contributed by atoms with Gasteiger partial charge in [-0.25, -0.2) is 0 Å². The van der Waals surface area contributed by atoms with Gasteiger partial charge in [-0.1, -0.05) is 78.9 Å². The molecule has 32 heavy (non-hydrogen) atoms. The average Bonchev–Trinajstić information content (AvgIpc) is 3.38. The van der Waals surface area contributed by atoms with Crippen LogP contribution in [0.4, 0.5) is 0 Å². The van der Waals surface area contributed by atoms with Crippen LogP contribution in [0.25, 0.3) is 22.3 Å². The van der Waals surface area contributed by atoms with Gasteiger partial charge in [-0.2, -0.15) is 0 Å². The maximum absolute atomic E-state index is 10.0. The van der Waals surface area contributed by atoms with Crippen molar-refractivity contribution in [2.24, 2.45) is 0 Å². The summed E-state index contributed by atoms with van der Waals surface area (Å²) in [4.78, 5) is 0. The van der Waals surface area contributed by atoms with Gasteiger partial charge in [0.1, 0.15) is 11.4 Å². The van der Waals surface area contributed by atoms with Crippen LogP contribution in [-0.4, -0.2) is 11.7 Å². The molecule has 4 aromatic carbocycles. The molecular formula is C30H26O2. The highest BCUT2D eigenvalue weighted by Gasteiger charge is 2.35. The maximum Gasteiger partial charge on any atom is 0.134 e. The molecule has 0 bridgehead atoms. The molecule has 0 amide bonds. The molecule has 6 rings (SSSR count). The summed E-state index contributed by atoms with van der Waals surface area (Å²) in [6.07, 6.45) is 2.33. The fraction of sp³-hybridized carbons (Fsp3) is 0.200. The first-order chi connectivity index (χ1) is 15.7. The van der Waals surface area contributed by atoms with E-state index < -0.39 is 5.60 Å². The Bertz CT molecular complexity index is 1340. The molecule has 2 nitrogen and oxygen atoms in total. The number of rotatable bonds is 5. The summed E-state index contributed by atoms with van der Waals surface area (Å²) in [5, 5.41) is 10.0. The van der Waals surface area contributed by atoms with Gasteiger partial charge in [0.2, 0.25) is 0 Å². The van der Waals surface area contributed by atoms with Crippen LogP contribution in [0.5, 0.6) is 5.75 Å². The van der Waals surface area contributed by atoms with Gasteiger partial charge in [0.15, 0.2) is 0 Å². The average molecular weight is 419 g/mol. The molecule has 0 radical (unpaired) electrons. The van der Waals surface area contributed by atoms with Crippen LogP contribution in [0.3, 0.4) is 0 Å². The molecule has 0 aliphatic heterocycles. The smallest absolute Gasteiger partial charge is 0.134 e. The van der Waals surface area contributed by atoms with Gasteiger partial charge in [-0.3, -0.25) is 0 Å². The molecule has 0 aromatic heterocycles. The van der Waals surface area contributed by atoms with E-state index in [0.29, 0.717) is 6.42 Å². The third-order valence-electron chi connectivity index (χ3n) is 7.15. The van der Waals surface area contributed by atoms with Crippen molar-refractivity contribution in [2.75, 3.05) is 6.61 Å². The molecule has 2 aliphatic carbocycles. The van der Waals surface area contributed by atoms with E-state index in [4.69, 9.17) is 4.74 Å². The van der Waals surface area contributed by atoms with E-state index in [9.17, 15) is 5.11 Å². The third-order valence-corrected chi connectivity index (χ3v) is 7.15. The van der Waals surface area contributed by atoms with Gasteiger partial charge in [-0.15, -0.1) is 0 Å². The second-order valence-electron chi connectivity index (χ2n) is 9.09. The van der Waals surface area contributed by atoms with Crippen LogP contribution < -0.4 is 4.74 Å². The van der Waals surface area contributed by atoms with Gasteiger partial charge < -0.3 is 9.84 Å². The van der Waals surface area contributed by atoms with Crippen molar-refractivity contribution < 1.29 is 9.84 Å². The summed E-state index contributed by atoms with van der Waals surface area (Å²) in [6, 6.07) is 30.1. The number of fused-ring (bicyclic) bond motifs is 6. The molecule has 2 aliphatic rings. The molecule has 4 aromatic rings. The Labute approximate surface area is 189 Å². The molecule has 0 spiro atoms. The summed E-state index contributed by atoms with van der Waals surface area (Å²) in [6.45, 7) is 2.20. The van der Waals surface area contributed by atoms with Gasteiger partial charge in [0.05, 0.1) is 0 Å². The van der Waals surface area contributed by atoms with Crippen molar-refractivity contribution in [3.63, 3.8) is 0 Å². The van der Waals surface area contributed by atoms with Crippen molar-refractivity contribution in [3.05, 3.63) is 113 Å². The lowest BCUT2D eigenvalue weighted by molar-refractivity contribution is 0.0546. The van der Waals surface area contributed by atoms with Crippen LogP contribution in [0.2, 0.25) is 0 Å². The molecule has 158 valence electrons. The summed E-state index contributed by atoms with van der Waals surface area (Å²) in [5.41, 5.74) is 11.0. The standard InChI is InChI=1S/C30H26O2/c1-30(16-17-31,28-14-6-12-24-22-10-4-2-8-20(22)18-26(24)28)32-29-15-7-13-25-23-11-5-3-9-21(23)19-27(25)29/h2-15,31H,16-19H2,1H3. The zero-order valence-electron chi connectivity index (χ0n) is 18.3. The lowest BCUT2D eigenvalue weighted by atomic mass is 9.86. The first-order valence-corrected chi connectivity index (χ1v) is 11.4. The minimum absolute atomic E-state index is 0.0718. The summed E-state index contributed by atoms with van der Waals surface area (Å²) in [5.74, 6) is 0.919. The van der Waals surface area contributed by atoms with Crippen LogP contribution in [0, 0.1) is 0 Å². The SMILES string of the molecule is CC(CCO)(Oc1cccc2c1Cc1ccccc1-2)c1cccc2c1Cc1ccccc1-2. The quantitative estimate of drug-likeness (QED) is 0.346. The fourth-order valence-corrected chi connectivity index (χ4v) is 5.57. The van der Waals surface area contributed by atoms with E-state index in [-0.39, 0.29) is 6.61 Å². The second-order valence-corrected chi connectivity index (χ2v) is 9.09. The first-order valence-electron chi connectivity index (χ1n) is 11.4. The Morgan fingerprint density at radius 3 is 1.94 bits per heavy atom. The van der Waals surface area contributed by atoms with E-state index in [1.807, 2.05) is 0 Å². The lowest BCUT2D eigenvalue weighted by Crippen LogP contribution is -2.32. The summed E-state index contributed by atoms with van der Waals surface area (Å²) in [7, 11) is 0. The normalized spacial score (nSPS) is 14.8. The van der Waals surface area contributed by atoms with Crippen LogP contribution in [0.1, 0.15) is 41.2 Å². The molecule has 1 unspecified atom stereocenters. The first kappa shape index (κ1) is 19.3. The number of hydrogen-bond acceptors (Lipinski definition) is 2. The van der Waals surface area contributed by atoms with Crippen molar-refractivity contribution in [2.45, 2.75) is 31.8 Å². The molecule has 0 saturated heterocycles. The summed E-state index contributed by atoms with van der Waals surface area (Å²) >= 11 is 0. The van der Waals surface area contributed by atoms with Gasteiger partial charge in [0.25, 0.3) is 0 Å². The molecular weight excluding hydrogens is 392 g/mol. The molecule has 1 N–H and O–H groups in total. The van der Waals surface area contributed by atoms with Crippen molar-refractivity contribution >= 4 is 0 Å². The molecule has 2 heteroatoms. The van der Waals surface area contributed by atoms with Crippen LogP contribution in [-0.2, 0) is 18.4 Å². The predicted octanol–water partition coefficient (Wildman–Crippen LogP) is 6.51. The fourth-order valence-electron chi connectivity index (χ4n) is 5.57. The van der Waals surface area contributed by atoms with E-state index in [2.05, 4.69) is 91.9 Å². The van der Waals surface area contributed by atoms with E-state index in [0.717, 1.165) is 18.6 Å². The molecule has 0 saturated carbocycles. The van der Waals surface area contributed by atoms with Crippen LogP contribution in [0.15, 0.2) is 84.9 Å². The summed E-state index contributed by atoms with van der Waals surface area (Å²) < 4.78 is 6.87. The van der Waals surface area contributed by atoms with E-state index in [1.165, 1.54) is 50.1 Å². The highest BCUT2D eigenvalue weighted by atomic mass is 16.5. The van der Waals surface area contributed by atoms with Crippen LogP contribution >= 0.6 is 0 Å². The Kier molecular flexibility index (Phi) is 4.44. The largest absolute Gasteiger partial charge is 0.482 e. The zero-order chi connectivity index (χ0) is 21.7. The zero-order valence-corrected chi connectivity index (χ0v) is 18.3. The van der Waals surface area contributed by atoms with Crippen molar-refractivity contribution in [3.8, 4) is 28.0 Å². The minimum atomic E-state index is -0.619. The number of ether oxygens (including phenoxy) is 1. The van der Waals surface area contributed by atoms with E-state index >= 15 is 0 Å². The number of hydrogen-bond donors (Lipinski definition) is 1. The van der Waals surface area contributed by atoms with E-state index in [1.54, 1.807) is 0 Å². The molecule has 1 atom stereocenters. The Morgan fingerprint density at radius 1 is 0.688 bits per heavy atom. The maximum atomic E-state index is 10.0. The Balaban J connectivity index is 1.44. The minimum Gasteiger partial charge on any atom is -0.482 e. The van der Waals surface area contributed by atoms with Gasteiger partial charge >= 0.3 is 0 Å². The van der Waals surface area contributed by atoms with Gasteiger partial charge in [-0.05, 0) is 63.9 Å². The predicted molar refractivity (Wildman–Crippen MR) is 129 cm³/mol. The number of aliphatic hydroxyl groups is 1. The Morgan fingerprint density at radius 2 is 1.25 bits per heavy atom. The Hall–Kier alpha value is -3.36. The second kappa shape index (κ2) is 7.36. The highest BCUT2D eigenvalue weighted by Crippen LogP contribution is 2.46. The van der Waals surface area contributed by atoms with Crippen molar-refractivity contribution in [1.82, 2.24) is 0 Å². The topological polar surface area (TPSA) is 29.5 Å². The number of aliphatic hydroxyl groups excluding tert-OH is 1. The van der Waals surface area contributed by atoms with Crippen molar-refractivity contribution in [1.29, 1.82) is 0 Å². The third kappa shape index (κ3) is 2.91. The van der Waals surface area contributed by atoms with Gasteiger partial charge in [0, 0.05) is 25.0 Å².